The van der Waals surface area contributed by atoms with Crippen molar-refractivity contribution in [3.8, 4) is 0 Å². The average molecular weight is 407 g/mol. The Morgan fingerprint density at radius 1 is 1.27 bits per heavy atom. The molecule has 0 saturated heterocycles. The number of pyridine rings is 1. The van der Waals surface area contributed by atoms with Crippen molar-refractivity contribution in [1.82, 2.24) is 4.57 Å². The van der Waals surface area contributed by atoms with Crippen LogP contribution in [0, 0.1) is 5.92 Å². The lowest BCUT2D eigenvalue weighted by Crippen LogP contribution is -2.32. The number of aromatic nitrogens is 1. The molecule has 0 amide bonds. The van der Waals surface area contributed by atoms with E-state index in [0.29, 0.717) is 12.2 Å². The van der Waals surface area contributed by atoms with Gasteiger partial charge in [-0.15, -0.1) is 0 Å². The van der Waals surface area contributed by atoms with Crippen LogP contribution in [0.1, 0.15) is 49.0 Å². The van der Waals surface area contributed by atoms with E-state index >= 15 is 0 Å². The summed E-state index contributed by atoms with van der Waals surface area (Å²) in [5.41, 5.74) is -0.182. The Balaban J connectivity index is 0.000000422. The standard InChI is InChI=1S/C13H16ClNO2.Cl3OP/c1-9-4-2-3-5-12(9)15-7-6-11(14)10(8-16)13(15)17;1-5(2,3)4/h6-9,12H,2-5H2,1H3;. The van der Waals surface area contributed by atoms with E-state index in [4.69, 9.17) is 11.6 Å². The molecule has 1 heterocycles. The van der Waals surface area contributed by atoms with Gasteiger partial charge in [0.1, 0.15) is 0 Å². The van der Waals surface area contributed by atoms with Gasteiger partial charge in [-0.1, -0.05) is 31.4 Å². The maximum atomic E-state index is 12.1. The molecule has 4 nitrogen and oxygen atoms in total. The van der Waals surface area contributed by atoms with Crippen molar-refractivity contribution in [2.45, 2.75) is 38.6 Å². The smallest absolute Gasteiger partial charge is 0.311 e. The number of rotatable bonds is 2. The number of hydrogen-bond donors (Lipinski definition) is 0. The van der Waals surface area contributed by atoms with Crippen LogP contribution in [0.4, 0.5) is 0 Å². The molecule has 2 atom stereocenters. The van der Waals surface area contributed by atoms with Gasteiger partial charge in [0, 0.05) is 12.2 Å². The van der Waals surface area contributed by atoms with Gasteiger partial charge in [-0.3, -0.25) is 14.2 Å². The fraction of sp³-hybridized carbons (Fsp3) is 0.538. The van der Waals surface area contributed by atoms with Gasteiger partial charge < -0.3 is 4.57 Å². The lowest BCUT2D eigenvalue weighted by molar-refractivity contribution is 0.112. The highest BCUT2D eigenvalue weighted by atomic mass is 36.0. The van der Waals surface area contributed by atoms with E-state index in [-0.39, 0.29) is 22.2 Å². The molecule has 2 unspecified atom stereocenters. The Morgan fingerprint density at radius 3 is 2.32 bits per heavy atom. The Hall–Kier alpha value is 0.01000. The number of aldehydes is 1. The molecule has 1 aliphatic rings. The quantitative estimate of drug-likeness (QED) is 0.455. The van der Waals surface area contributed by atoms with Gasteiger partial charge in [-0.25, -0.2) is 0 Å². The second kappa shape index (κ2) is 8.75. The Labute approximate surface area is 148 Å². The van der Waals surface area contributed by atoms with Crippen LogP contribution in [0.25, 0.3) is 0 Å². The predicted molar refractivity (Wildman–Crippen MR) is 92.9 cm³/mol. The summed E-state index contributed by atoms with van der Waals surface area (Å²) in [4.78, 5) is 23.0. The molecular formula is C13H16Cl4NO3P. The number of hydrogen-bond acceptors (Lipinski definition) is 3. The second-order valence-electron chi connectivity index (χ2n) is 5.14. The highest BCUT2D eigenvalue weighted by Crippen LogP contribution is 2.61. The summed E-state index contributed by atoms with van der Waals surface area (Å²) in [6, 6.07) is 1.83. The summed E-state index contributed by atoms with van der Waals surface area (Å²) in [6.45, 7) is 2.16. The first-order valence-corrected chi connectivity index (χ1v) is 11.5. The maximum absolute atomic E-state index is 12.1. The van der Waals surface area contributed by atoms with E-state index in [1.807, 2.05) is 0 Å². The first kappa shape index (κ1) is 20.1. The van der Waals surface area contributed by atoms with Crippen molar-refractivity contribution in [1.29, 1.82) is 0 Å². The molecule has 124 valence electrons. The minimum absolute atomic E-state index is 0.0759. The van der Waals surface area contributed by atoms with Crippen molar-refractivity contribution < 1.29 is 9.36 Å². The Morgan fingerprint density at radius 2 is 1.82 bits per heavy atom. The van der Waals surface area contributed by atoms with Gasteiger partial charge >= 0.3 is 5.20 Å². The predicted octanol–water partition coefficient (Wildman–Crippen LogP) is 5.88. The number of nitrogens with zero attached hydrogens (tertiary/aromatic N) is 1. The van der Waals surface area contributed by atoms with E-state index in [1.165, 1.54) is 6.42 Å². The van der Waals surface area contributed by atoms with Gasteiger partial charge in [0.05, 0.1) is 10.6 Å². The monoisotopic (exact) mass is 405 g/mol. The van der Waals surface area contributed by atoms with Crippen LogP contribution >= 0.6 is 50.5 Å². The summed E-state index contributed by atoms with van der Waals surface area (Å²) < 4.78 is 11.2. The number of halogens is 4. The Bertz CT molecular complexity index is 620. The molecule has 0 bridgehead atoms. The van der Waals surface area contributed by atoms with E-state index in [9.17, 15) is 14.2 Å². The number of carbonyl (C=O) groups excluding carboxylic acids is 1. The molecule has 1 aromatic rings. The van der Waals surface area contributed by atoms with Gasteiger partial charge in [0.2, 0.25) is 0 Å². The van der Waals surface area contributed by atoms with Crippen molar-refractivity contribution >= 4 is 56.8 Å². The molecule has 0 aliphatic heterocycles. The molecule has 0 N–H and O–H groups in total. The molecule has 2 rings (SSSR count). The number of carbonyl (C=O) groups is 1. The lowest BCUT2D eigenvalue weighted by Gasteiger charge is -2.30. The maximum Gasteiger partial charge on any atom is 0.339 e. The Kier molecular flexibility index (Phi) is 7.97. The van der Waals surface area contributed by atoms with E-state index in [1.54, 1.807) is 16.8 Å². The summed E-state index contributed by atoms with van der Waals surface area (Å²) >= 11 is 19.7. The second-order valence-corrected chi connectivity index (χ2v) is 12.2. The molecule has 1 saturated carbocycles. The fourth-order valence-electron chi connectivity index (χ4n) is 2.62. The highest BCUT2D eigenvalue weighted by Gasteiger charge is 2.24. The minimum Gasteiger partial charge on any atom is -0.311 e. The first-order chi connectivity index (χ1) is 10.1. The zero-order chi connectivity index (χ0) is 16.9. The van der Waals surface area contributed by atoms with Crippen molar-refractivity contribution in [3.63, 3.8) is 0 Å². The molecule has 1 fully saturated rings. The topological polar surface area (TPSA) is 56.1 Å². The lowest BCUT2D eigenvalue weighted by atomic mass is 9.85. The summed E-state index contributed by atoms with van der Waals surface area (Å²) in [6.07, 6.45) is 6.76. The van der Waals surface area contributed by atoms with E-state index < -0.39 is 5.20 Å². The largest absolute Gasteiger partial charge is 0.339 e. The van der Waals surface area contributed by atoms with Crippen molar-refractivity contribution in [2.24, 2.45) is 5.92 Å². The SMILES string of the molecule is CC1CCCCC1n1ccc(Cl)c(C=O)c1=O.O=P(Cl)(Cl)Cl. The first-order valence-electron chi connectivity index (χ1n) is 6.70. The zero-order valence-electron chi connectivity index (χ0n) is 11.8. The zero-order valence-corrected chi connectivity index (χ0v) is 15.8. The molecule has 9 heteroatoms. The van der Waals surface area contributed by atoms with Crippen LogP contribution in [0.15, 0.2) is 17.1 Å². The van der Waals surface area contributed by atoms with Crippen molar-refractivity contribution in [3.05, 3.63) is 33.2 Å². The molecular weight excluding hydrogens is 391 g/mol. The van der Waals surface area contributed by atoms with Gasteiger partial charge in [-0.2, -0.15) is 0 Å². The van der Waals surface area contributed by atoms with Crippen LogP contribution in [-0.4, -0.2) is 10.9 Å². The molecule has 1 aromatic heterocycles. The van der Waals surface area contributed by atoms with E-state index in [2.05, 4.69) is 40.6 Å². The molecule has 1 aliphatic carbocycles. The van der Waals surface area contributed by atoms with Crippen molar-refractivity contribution in [2.75, 3.05) is 0 Å². The molecule has 22 heavy (non-hydrogen) atoms. The third kappa shape index (κ3) is 6.25. The molecule has 0 aromatic carbocycles. The van der Waals surface area contributed by atoms with Crippen LogP contribution in [0.2, 0.25) is 5.02 Å². The van der Waals surface area contributed by atoms with Gasteiger partial charge in [0.25, 0.3) is 5.56 Å². The minimum atomic E-state index is -3.22. The summed E-state index contributed by atoms with van der Waals surface area (Å²) in [5, 5.41) is -2.98. The average Bonchev–Trinajstić information content (AvgIpc) is 2.39. The van der Waals surface area contributed by atoms with E-state index in [0.717, 1.165) is 19.3 Å². The fourth-order valence-corrected chi connectivity index (χ4v) is 2.80. The summed E-state index contributed by atoms with van der Waals surface area (Å²) in [7, 11) is 0. The third-order valence-electron chi connectivity index (χ3n) is 3.65. The summed E-state index contributed by atoms with van der Waals surface area (Å²) in [5.74, 6) is 0.474. The van der Waals surface area contributed by atoms with Crippen LogP contribution in [0.3, 0.4) is 0 Å². The van der Waals surface area contributed by atoms with Crippen LogP contribution in [0.5, 0.6) is 0 Å². The molecule has 0 radical (unpaired) electrons. The highest BCUT2D eigenvalue weighted by molar-refractivity contribution is 8.24. The van der Waals surface area contributed by atoms with Gasteiger partial charge in [0.15, 0.2) is 6.29 Å². The van der Waals surface area contributed by atoms with Crippen LogP contribution in [-0.2, 0) is 4.57 Å². The third-order valence-corrected chi connectivity index (χ3v) is 3.97. The molecule has 0 spiro atoms. The normalized spacial score (nSPS) is 21.7. The van der Waals surface area contributed by atoms with Crippen LogP contribution < -0.4 is 5.56 Å². The van der Waals surface area contributed by atoms with Gasteiger partial charge in [-0.05, 0) is 58.5 Å².